The third kappa shape index (κ3) is 4.36. The van der Waals surface area contributed by atoms with Gasteiger partial charge in [-0.1, -0.05) is 0 Å². The summed E-state index contributed by atoms with van der Waals surface area (Å²) in [5.41, 5.74) is 1.33. The Balaban J connectivity index is 1.44. The van der Waals surface area contributed by atoms with E-state index in [2.05, 4.69) is 10.2 Å². The van der Waals surface area contributed by atoms with E-state index in [1.54, 1.807) is 18.2 Å². The van der Waals surface area contributed by atoms with Crippen LogP contribution >= 0.6 is 0 Å². The minimum absolute atomic E-state index is 0.0179. The predicted octanol–water partition coefficient (Wildman–Crippen LogP) is 1.47. The number of carbonyl (C=O) groups is 2. The van der Waals surface area contributed by atoms with Crippen LogP contribution in [0.25, 0.3) is 0 Å². The fraction of sp³-hybridized carbons (Fsp3) is 0.652. The van der Waals surface area contributed by atoms with Crippen LogP contribution in [0.2, 0.25) is 0 Å². The summed E-state index contributed by atoms with van der Waals surface area (Å²) in [6.45, 7) is 2.79. The zero-order valence-corrected chi connectivity index (χ0v) is 19.7. The largest absolute Gasteiger partial charge is 0.376 e. The van der Waals surface area contributed by atoms with E-state index >= 15 is 0 Å². The molecule has 180 valence electrons. The summed E-state index contributed by atoms with van der Waals surface area (Å²) in [4.78, 5) is 30.0. The first-order valence-electron chi connectivity index (χ1n) is 12.1. The molecule has 2 atom stereocenters. The lowest BCUT2D eigenvalue weighted by Gasteiger charge is -2.45. The minimum Gasteiger partial charge on any atom is -0.376 e. The molecule has 0 radical (unpaired) electrons. The quantitative estimate of drug-likeness (QED) is 0.668. The molecule has 1 N–H and O–H groups in total. The third-order valence-electron chi connectivity index (χ3n) is 7.16. The molecule has 4 heterocycles. The van der Waals surface area contributed by atoms with Crippen molar-refractivity contribution in [2.45, 2.75) is 62.0 Å². The van der Waals surface area contributed by atoms with E-state index in [-0.39, 0.29) is 35.4 Å². The van der Waals surface area contributed by atoms with Crippen LogP contribution in [0.15, 0.2) is 23.1 Å². The van der Waals surface area contributed by atoms with Gasteiger partial charge < -0.3 is 15.0 Å². The Morgan fingerprint density at radius 3 is 2.58 bits per heavy atom. The number of sulfonamides is 1. The number of anilines is 2. The standard InChI is InChI=1S/C23H32N4O5S/c28-22(24-15-17-6-5-13-32-17)16-27-21-14-18(33(30,31)25-10-3-4-11-25)8-9-19(21)26-12-2-1-7-20(26)23(27)29/h8-9,14,17,20H,1-7,10-13,15-16H2,(H,24,28)/t17-,20+/m0/s1. The van der Waals surface area contributed by atoms with Crippen LogP contribution in [0.1, 0.15) is 44.9 Å². The summed E-state index contributed by atoms with van der Waals surface area (Å²) in [7, 11) is -3.63. The summed E-state index contributed by atoms with van der Waals surface area (Å²) >= 11 is 0. The summed E-state index contributed by atoms with van der Waals surface area (Å²) in [6.07, 6.45) is 6.32. The summed E-state index contributed by atoms with van der Waals surface area (Å²) in [6, 6.07) is 4.72. The molecular formula is C23H32N4O5S. The lowest BCUT2D eigenvalue weighted by atomic mass is 9.96. The first-order chi connectivity index (χ1) is 15.9. The molecule has 2 amide bonds. The van der Waals surface area contributed by atoms with Crippen molar-refractivity contribution in [3.8, 4) is 0 Å². The Morgan fingerprint density at radius 1 is 1.03 bits per heavy atom. The van der Waals surface area contributed by atoms with Crippen LogP contribution in [0, 0.1) is 0 Å². The zero-order valence-electron chi connectivity index (χ0n) is 18.9. The fourth-order valence-electron chi connectivity index (χ4n) is 5.37. The van der Waals surface area contributed by atoms with Crippen LogP contribution in [0.5, 0.6) is 0 Å². The smallest absolute Gasteiger partial charge is 0.250 e. The van der Waals surface area contributed by atoms with Gasteiger partial charge >= 0.3 is 0 Å². The molecule has 1 aromatic carbocycles. The molecule has 10 heteroatoms. The number of nitrogens with zero attached hydrogens (tertiary/aromatic N) is 3. The number of hydrogen-bond donors (Lipinski definition) is 1. The number of ether oxygens (including phenoxy) is 1. The number of piperidine rings is 1. The number of carbonyl (C=O) groups excluding carboxylic acids is 2. The molecule has 0 spiro atoms. The fourth-order valence-corrected chi connectivity index (χ4v) is 6.91. The highest BCUT2D eigenvalue weighted by Gasteiger charge is 2.41. The van der Waals surface area contributed by atoms with Gasteiger partial charge in [-0.15, -0.1) is 0 Å². The molecule has 3 saturated heterocycles. The minimum atomic E-state index is -3.63. The maximum Gasteiger partial charge on any atom is 0.250 e. The molecule has 9 nitrogen and oxygen atoms in total. The highest BCUT2D eigenvalue weighted by Crippen LogP contribution is 2.41. The highest BCUT2D eigenvalue weighted by molar-refractivity contribution is 7.89. The molecule has 33 heavy (non-hydrogen) atoms. The van der Waals surface area contributed by atoms with E-state index in [0.29, 0.717) is 31.9 Å². The molecule has 5 rings (SSSR count). The van der Waals surface area contributed by atoms with Crippen molar-refractivity contribution in [3.63, 3.8) is 0 Å². The topological polar surface area (TPSA) is 99.3 Å². The third-order valence-corrected chi connectivity index (χ3v) is 9.05. The van der Waals surface area contributed by atoms with Crippen LogP contribution in [-0.4, -0.2) is 76.0 Å². The van der Waals surface area contributed by atoms with Gasteiger partial charge in [-0.3, -0.25) is 14.5 Å². The van der Waals surface area contributed by atoms with Crippen molar-refractivity contribution in [2.75, 3.05) is 49.1 Å². The monoisotopic (exact) mass is 476 g/mol. The van der Waals surface area contributed by atoms with Gasteiger partial charge in [0.05, 0.1) is 22.4 Å². The molecule has 0 saturated carbocycles. The van der Waals surface area contributed by atoms with Crippen molar-refractivity contribution < 1.29 is 22.7 Å². The number of nitrogens with one attached hydrogen (secondary N) is 1. The Kier molecular flexibility index (Phi) is 6.32. The van der Waals surface area contributed by atoms with Crippen molar-refractivity contribution in [1.29, 1.82) is 0 Å². The Morgan fingerprint density at radius 2 is 1.82 bits per heavy atom. The molecule has 4 aliphatic rings. The lowest BCUT2D eigenvalue weighted by Crippen LogP contribution is -2.57. The van der Waals surface area contributed by atoms with Crippen molar-refractivity contribution in [3.05, 3.63) is 18.2 Å². The number of fused-ring (bicyclic) bond motifs is 3. The number of benzene rings is 1. The van der Waals surface area contributed by atoms with Crippen LogP contribution in [-0.2, 0) is 24.3 Å². The van der Waals surface area contributed by atoms with Crippen LogP contribution in [0.4, 0.5) is 11.4 Å². The van der Waals surface area contributed by atoms with Gasteiger partial charge in [0, 0.05) is 32.8 Å². The van der Waals surface area contributed by atoms with E-state index < -0.39 is 10.0 Å². The van der Waals surface area contributed by atoms with E-state index in [1.807, 2.05) is 0 Å². The molecule has 0 unspecified atom stereocenters. The van der Waals surface area contributed by atoms with Crippen molar-refractivity contribution in [2.24, 2.45) is 0 Å². The molecule has 0 aromatic heterocycles. The number of hydrogen-bond acceptors (Lipinski definition) is 6. The van der Waals surface area contributed by atoms with Gasteiger partial charge in [-0.2, -0.15) is 4.31 Å². The van der Waals surface area contributed by atoms with Crippen molar-refractivity contribution in [1.82, 2.24) is 9.62 Å². The van der Waals surface area contributed by atoms with Gasteiger partial charge in [-0.25, -0.2) is 8.42 Å². The summed E-state index contributed by atoms with van der Waals surface area (Å²) in [5, 5.41) is 2.89. The predicted molar refractivity (Wildman–Crippen MR) is 124 cm³/mol. The molecule has 4 aliphatic heterocycles. The van der Waals surface area contributed by atoms with E-state index in [4.69, 9.17) is 4.74 Å². The summed E-state index contributed by atoms with van der Waals surface area (Å²) < 4.78 is 33.4. The van der Waals surface area contributed by atoms with Gasteiger partial charge in [-0.05, 0) is 63.1 Å². The van der Waals surface area contributed by atoms with Gasteiger partial charge in [0.1, 0.15) is 12.6 Å². The second-order valence-electron chi connectivity index (χ2n) is 9.33. The maximum atomic E-state index is 13.5. The van der Waals surface area contributed by atoms with Gasteiger partial charge in [0.25, 0.3) is 0 Å². The summed E-state index contributed by atoms with van der Waals surface area (Å²) in [5.74, 6) is -0.396. The van der Waals surface area contributed by atoms with Crippen LogP contribution in [0.3, 0.4) is 0 Å². The SMILES string of the molecule is O=C(CN1C(=O)[C@H]2CCCCN2c2ccc(S(=O)(=O)N3CCCC3)cc21)NC[C@@H]1CCCO1. The van der Waals surface area contributed by atoms with E-state index in [0.717, 1.165) is 57.2 Å². The van der Waals surface area contributed by atoms with E-state index in [1.165, 1.54) is 9.21 Å². The first kappa shape index (κ1) is 22.6. The maximum absolute atomic E-state index is 13.5. The average Bonchev–Trinajstić information content (AvgIpc) is 3.55. The Labute approximate surface area is 195 Å². The number of amides is 2. The van der Waals surface area contributed by atoms with Crippen molar-refractivity contribution >= 4 is 33.2 Å². The molecule has 0 bridgehead atoms. The van der Waals surface area contributed by atoms with Gasteiger partial charge in [0.15, 0.2) is 0 Å². The number of rotatable bonds is 6. The molecule has 3 fully saturated rings. The second-order valence-corrected chi connectivity index (χ2v) is 11.3. The Bertz CT molecular complexity index is 1020. The Hall–Kier alpha value is -2.17. The zero-order chi connectivity index (χ0) is 23.0. The normalized spacial score (nSPS) is 25.8. The van der Waals surface area contributed by atoms with Crippen LogP contribution < -0.4 is 15.1 Å². The molecule has 0 aliphatic carbocycles. The van der Waals surface area contributed by atoms with E-state index in [9.17, 15) is 18.0 Å². The van der Waals surface area contributed by atoms with Gasteiger partial charge in [0.2, 0.25) is 21.8 Å². The lowest BCUT2D eigenvalue weighted by molar-refractivity contribution is -0.125. The molecule has 1 aromatic rings. The molecular weight excluding hydrogens is 444 g/mol. The average molecular weight is 477 g/mol. The second kappa shape index (κ2) is 9.23. The highest BCUT2D eigenvalue weighted by atomic mass is 32.2. The first-order valence-corrected chi connectivity index (χ1v) is 13.5.